The Balaban J connectivity index is 1.57. The van der Waals surface area contributed by atoms with Gasteiger partial charge in [0.05, 0.1) is 17.5 Å². The first kappa shape index (κ1) is 30.3. The molecule has 11 nitrogen and oxygen atoms in total. The summed E-state index contributed by atoms with van der Waals surface area (Å²) < 4.78 is 19.7. The van der Waals surface area contributed by atoms with Crippen LogP contribution in [0.2, 0.25) is 0 Å². The van der Waals surface area contributed by atoms with E-state index in [2.05, 4.69) is 11.8 Å². The van der Waals surface area contributed by atoms with Crippen LogP contribution in [0.25, 0.3) is 11.0 Å². The lowest BCUT2D eigenvalue weighted by molar-refractivity contribution is -0.277. The Bertz CT molecular complexity index is 1400. The molecular formula is C31H42N4O7. The number of rotatable bonds is 9. The van der Waals surface area contributed by atoms with Crippen molar-refractivity contribution < 1.29 is 33.4 Å². The highest BCUT2D eigenvalue weighted by atomic mass is 16.8. The predicted octanol–water partition coefficient (Wildman–Crippen LogP) is 3.29. The number of hydrogen-bond donors (Lipinski definition) is 0. The van der Waals surface area contributed by atoms with Gasteiger partial charge in [0.25, 0.3) is 0 Å². The summed E-state index contributed by atoms with van der Waals surface area (Å²) in [5, 5.41) is 6.05. The van der Waals surface area contributed by atoms with Gasteiger partial charge in [0, 0.05) is 43.3 Å². The molecule has 0 radical (unpaired) electrons. The molecule has 11 heteroatoms. The van der Waals surface area contributed by atoms with Crippen LogP contribution < -0.4 is 4.74 Å². The van der Waals surface area contributed by atoms with Crippen LogP contribution >= 0.6 is 0 Å². The largest absolute Gasteiger partial charge is 0.447 e. The van der Waals surface area contributed by atoms with Crippen molar-refractivity contribution in [1.29, 1.82) is 0 Å². The second-order valence-corrected chi connectivity index (χ2v) is 12.1. The van der Waals surface area contributed by atoms with Crippen molar-refractivity contribution in [2.45, 2.75) is 91.6 Å². The Morgan fingerprint density at radius 2 is 1.57 bits per heavy atom. The second-order valence-electron chi connectivity index (χ2n) is 12.1. The number of nitrogens with zero attached hydrogens (tertiary/aromatic N) is 4. The summed E-state index contributed by atoms with van der Waals surface area (Å²) in [5.74, 6) is -4.43. The first-order valence-electron chi connectivity index (χ1n) is 15.1. The molecule has 228 valence electrons. The molecule has 42 heavy (non-hydrogen) atoms. The van der Waals surface area contributed by atoms with Gasteiger partial charge in [0.2, 0.25) is 18.5 Å². The molecule has 0 spiro atoms. The van der Waals surface area contributed by atoms with Crippen LogP contribution in [0.3, 0.4) is 0 Å². The molecule has 2 fully saturated rings. The fourth-order valence-corrected chi connectivity index (χ4v) is 7.23. The molecule has 6 atom stereocenters. The van der Waals surface area contributed by atoms with Crippen molar-refractivity contribution in [2.75, 3.05) is 19.6 Å². The fraction of sp³-hybridized carbons (Fsp3) is 0.677. The third-order valence-electron chi connectivity index (χ3n) is 9.02. The zero-order valence-electron chi connectivity index (χ0n) is 25.5. The number of esters is 1. The normalized spacial score (nSPS) is 28.0. The van der Waals surface area contributed by atoms with Crippen LogP contribution in [-0.2, 0) is 48.5 Å². The van der Waals surface area contributed by atoms with E-state index in [0.717, 1.165) is 80.4 Å². The van der Waals surface area contributed by atoms with E-state index in [4.69, 9.17) is 24.3 Å². The maximum atomic E-state index is 13.0. The zero-order chi connectivity index (χ0) is 30.3. The summed E-state index contributed by atoms with van der Waals surface area (Å²) in [6.45, 7) is 10.5. The molecule has 2 saturated heterocycles. The number of carbonyl (C=O) groups excluding carboxylic acids is 4. The number of carbonyl (C=O) groups is 4. The van der Waals surface area contributed by atoms with Gasteiger partial charge in [-0.1, -0.05) is 6.92 Å². The maximum Gasteiger partial charge on any atom is 0.304 e. The molecule has 0 bridgehead atoms. The van der Waals surface area contributed by atoms with E-state index in [-0.39, 0.29) is 11.6 Å². The Kier molecular flexibility index (Phi) is 8.80. The summed E-state index contributed by atoms with van der Waals surface area (Å²) in [7, 11) is 1.88. The van der Waals surface area contributed by atoms with E-state index in [0.29, 0.717) is 17.4 Å². The molecule has 0 N–H and O–H groups in total. The number of fused-ring (bicyclic) bond motifs is 3. The summed E-state index contributed by atoms with van der Waals surface area (Å²) in [5.41, 5.74) is 3.89. The molecule has 2 aromatic heterocycles. The van der Waals surface area contributed by atoms with E-state index < -0.39 is 42.1 Å². The molecular weight excluding hydrogens is 540 g/mol. The number of ether oxygens (including phenoxy) is 3. The Morgan fingerprint density at radius 1 is 0.929 bits per heavy atom. The van der Waals surface area contributed by atoms with Crippen molar-refractivity contribution in [2.24, 2.45) is 24.8 Å². The quantitative estimate of drug-likeness (QED) is 0.406. The smallest absolute Gasteiger partial charge is 0.304 e. The molecule has 2 aromatic rings. The average molecular weight is 583 g/mol. The maximum absolute atomic E-state index is 13.0. The standard InChI is InChI=1S/C31H42N4O7/c1-7-13-35-14-12-20(15-35)27-26-21-10-8-9-11-22(21)29(32-28(26)34(6)33-27)41-31-25(18(4)38)23(16(2)36)24(17(3)37)30(42-31)40-19(5)39/h20,23-25,30-31H,7-15H2,1-6H3/t20?,23-,24+,25-,30-,31+/m1/s1. The monoisotopic (exact) mass is 582 g/mol. The molecule has 3 aliphatic rings. The van der Waals surface area contributed by atoms with Gasteiger partial charge in [0.15, 0.2) is 5.65 Å². The summed E-state index contributed by atoms with van der Waals surface area (Å²) >= 11 is 0. The van der Waals surface area contributed by atoms with E-state index in [9.17, 15) is 19.2 Å². The minimum Gasteiger partial charge on any atom is -0.447 e. The minimum atomic E-state index is -1.37. The van der Waals surface area contributed by atoms with E-state index in [1.165, 1.54) is 27.7 Å². The highest BCUT2D eigenvalue weighted by Crippen LogP contribution is 2.43. The highest BCUT2D eigenvalue weighted by molar-refractivity contribution is 5.93. The Labute approximate surface area is 246 Å². The molecule has 1 aliphatic carbocycles. The van der Waals surface area contributed by atoms with Crippen LogP contribution in [0, 0.1) is 17.8 Å². The lowest BCUT2D eigenvalue weighted by Gasteiger charge is -2.43. The van der Waals surface area contributed by atoms with Crippen molar-refractivity contribution >= 4 is 34.4 Å². The van der Waals surface area contributed by atoms with E-state index in [1.54, 1.807) is 4.68 Å². The lowest BCUT2D eigenvalue weighted by atomic mass is 9.73. The molecule has 1 unspecified atom stereocenters. The summed E-state index contributed by atoms with van der Waals surface area (Å²) in [6.07, 6.45) is 3.11. The summed E-state index contributed by atoms with van der Waals surface area (Å²) in [4.78, 5) is 58.0. The highest BCUT2D eigenvalue weighted by Gasteiger charge is 2.54. The SMILES string of the molecule is CCCN1CCC(c2nn(C)c3nc(O[C@H]4O[C@@H](OC(C)=O)[C@@H](C(C)=O)[C@@H](C(C)=O)[C@H]4C(C)=O)c4c(c23)CCCC4)C1. The van der Waals surface area contributed by atoms with Gasteiger partial charge in [-0.25, -0.2) is 0 Å². The predicted molar refractivity (Wildman–Crippen MR) is 153 cm³/mol. The number of aryl methyl sites for hydroxylation is 2. The van der Waals surface area contributed by atoms with E-state index in [1.807, 2.05) is 7.05 Å². The van der Waals surface area contributed by atoms with Crippen LogP contribution in [-0.4, -0.2) is 75.2 Å². The van der Waals surface area contributed by atoms with Crippen LogP contribution in [0.5, 0.6) is 5.88 Å². The van der Waals surface area contributed by atoms with Crippen molar-refractivity contribution in [3.8, 4) is 5.88 Å². The van der Waals surface area contributed by atoms with Crippen LogP contribution in [0.4, 0.5) is 0 Å². The second kappa shape index (κ2) is 12.2. The minimum absolute atomic E-state index is 0.326. The van der Waals surface area contributed by atoms with Crippen molar-refractivity contribution in [1.82, 2.24) is 19.7 Å². The first-order valence-corrected chi connectivity index (χ1v) is 15.1. The Hall–Kier alpha value is -3.18. The number of ketones is 3. The van der Waals surface area contributed by atoms with Gasteiger partial charge in [-0.2, -0.15) is 10.1 Å². The van der Waals surface area contributed by atoms with Gasteiger partial charge in [-0.05, 0) is 77.9 Å². The number of hydrogen-bond acceptors (Lipinski definition) is 10. The van der Waals surface area contributed by atoms with Crippen molar-refractivity contribution in [3.63, 3.8) is 0 Å². The molecule has 0 saturated carbocycles. The lowest BCUT2D eigenvalue weighted by Crippen LogP contribution is -2.57. The molecule has 4 heterocycles. The fourth-order valence-electron chi connectivity index (χ4n) is 7.23. The zero-order valence-corrected chi connectivity index (χ0v) is 25.5. The molecule has 5 rings (SSSR count). The molecule has 0 aromatic carbocycles. The van der Waals surface area contributed by atoms with Gasteiger partial charge in [-0.15, -0.1) is 0 Å². The van der Waals surface area contributed by atoms with Crippen LogP contribution in [0.1, 0.15) is 83.0 Å². The van der Waals surface area contributed by atoms with E-state index >= 15 is 0 Å². The molecule has 2 aliphatic heterocycles. The van der Waals surface area contributed by atoms with Gasteiger partial charge in [0.1, 0.15) is 17.3 Å². The topological polar surface area (TPSA) is 130 Å². The molecule has 0 amide bonds. The third kappa shape index (κ3) is 5.60. The number of likely N-dealkylation sites (tertiary alicyclic amines) is 1. The van der Waals surface area contributed by atoms with Gasteiger partial charge in [-0.3, -0.25) is 23.9 Å². The van der Waals surface area contributed by atoms with Crippen molar-refractivity contribution in [3.05, 3.63) is 16.8 Å². The summed E-state index contributed by atoms with van der Waals surface area (Å²) in [6, 6.07) is 0. The number of aromatic nitrogens is 3. The average Bonchev–Trinajstić information content (AvgIpc) is 3.52. The number of pyridine rings is 1. The van der Waals surface area contributed by atoms with Crippen LogP contribution in [0.15, 0.2) is 0 Å². The first-order chi connectivity index (χ1) is 20.0. The van der Waals surface area contributed by atoms with Gasteiger partial charge >= 0.3 is 5.97 Å². The third-order valence-corrected chi connectivity index (χ3v) is 9.02. The Morgan fingerprint density at radius 3 is 2.19 bits per heavy atom. The number of Topliss-reactive ketones (excluding diaryl/α,β-unsaturated/α-hetero) is 3. The van der Waals surface area contributed by atoms with Gasteiger partial charge < -0.3 is 19.1 Å².